The topological polar surface area (TPSA) is 52.3 Å². The molecule has 1 fully saturated rings. The first-order valence-corrected chi connectivity index (χ1v) is 5.68. The van der Waals surface area contributed by atoms with Crippen molar-refractivity contribution in [3.05, 3.63) is 34.9 Å². The van der Waals surface area contributed by atoms with Crippen molar-refractivity contribution in [1.29, 1.82) is 0 Å². The number of carbonyl (C=O) groups excluding carboxylic acids is 1. The van der Waals surface area contributed by atoms with Gasteiger partial charge >= 0.3 is 5.97 Å². The highest BCUT2D eigenvalue weighted by molar-refractivity contribution is 6.30. The monoisotopic (exact) mass is 239 g/mol. The van der Waals surface area contributed by atoms with Gasteiger partial charge in [-0.2, -0.15) is 0 Å². The average molecular weight is 240 g/mol. The molecule has 1 aliphatic rings. The zero-order valence-electron chi connectivity index (χ0n) is 8.91. The molecule has 1 aliphatic carbocycles. The number of carbonyl (C=O) groups is 1. The van der Waals surface area contributed by atoms with Gasteiger partial charge in [0.2, 0.25) is 0 Å². The molecule has 0 radical (unpaired) electrons. The van der Waals surface area contributed by atoms with Crippen molar-refractivity contribution >= 4 is 17.6 Å². The molecule has 1 aromatic rings. The van der Waals surface area contributed by atoms with Crippen LogP contribution in [0.3, 0.4) is 0 Å². The van der Waals surface area contributed by atoms with Crippen LogP contribution in [-0.4, -0.2) is 11.5 Å². The largest absolute Gasteiger partial charge is 0.459 e. The van der Waals surface area contributed by atoms with Crippen LogP contribution in [0.5, 0.6) is 0 Å². The minimum atomic E-state index is -0.730. The first-order valence-electron chi connectivity index (χ1n) is 5.31. The van der Waals surface area contributed by atoms with Gasteiger partial charge in [-0.15, -0.1) is 0 Å². The van der Waals surface area contributed by atoms with E-state index in [-0.39, 0.29) is 12.6 Å². The van der Waals surface area contributed by atoms with Crippen molar-refractivity contribution in [2.75, 3.05) is 0 Å². The molecule has 2 rings (SSSR count). The van der Waals surface area contributed by atoms with Gasteiger partial charge in [0.15, 0.2) is 0 Å². The Morgan fingerprint density at radius 3 is 2.50 bits per heavy atom. The molecular formula is C12H14ClNO2. The summed E-state index contributed by atoms with van der Waals surface area (Å²) in [5.74, 6) is -0.297. The summed E-state index contributed by atoms with van der Waals surface area (Å²) in [5, 5.41) is 0.671. The number of rotatable bonds is 3. The van der Waals surface area contributed by atoms with Gasteiger partial charge in [-0.1, -0.05) is 23.7 Å². The minimum absolute atomic E-state index is 0.259. The van der Waals surface area contributed by atoms with E-state index in [9.17, 15) is 4.79 Å². The van der Waals surface area contributed by atoms with Crippen molar-refractivity contribution in [2.24, 2.45) is 5.73 Å². The lowest BCUT2D eigenvalue weighted by Crippen LogP contribution is -2.54. The third kappa shape index (κ3) is 2.36. The number of nitrogens with two attached hydrogens (primary N) is 1. The van der Waals surface area contributed by atoms with E-state index >= 15 is 0 Å². The summed E-state index contributed by atoms with van der Waals surface area (Å²) >= 11 is 5.75. The van der Waals surface area contributed by atoms with Gasteiger partial charge in [-0.05, 0) is 37.0 Å². The lowest BCUT2D eigenvalue weighted by atomic mass is 9.78. The molecule has 0 saturated heterocycles. The van der Waals surface area contributed by atoms with Crippen molar-refractivity contribution in [2.45, 2.75) is 31.4 Å². The first-order chi connectivity index (χ1) is 7.60. The summed E-state index contributed by atoms with van der Waals surface area (Å²) in [6.07, 6.45) is 2.46. The molecule has 0 amide bonds. The predicted molar refractivity (Wildman–Crippen MR) is 62.0 cm³/mol. The second-order valence-corrected chi connectivity index (χ2v) is 4.65. The lowest BCUT2D eigenvalue weighted by molar-refractivity contribution is -0.155. The van der Waals surface area contributed by atoms with E-state index in [4.69, 9.17) is 22.1 Å². The van der Waals surface area contributed by atoms with E-state index in [1.807, 2.05) is 12.1 Å². The number of hydrogen-bond donors (Lipinski definition) is 1. The van der Waals surface area contributed by atoms with Gasteiger partial charge in [0.05, 0.1) is 0 Å². The molecule has 86 valence electrons. The zero-order chi connectivity index (χ0) is 11.6. The van der Waals surface area contributed by atoms with Crippen LogP contribution in [0.4, 0.5) is 0 Å². The highest BCUT2D eigenvalue weighted by Crippen LogP contribution is 2.30. The maximum Gasteiger partial charge on any atom is 0.326 e. The first kappa shape index (κ1) is 11.4. The molecule has 0 aliphatic heterocycles. The van der Waals surface area contributed by atoms with Crippen LogP contribution in [0.25, 0.3) is 0 Å². The fourth-order valence-electron chi connectivity index (χ4n) is 1.64. The lowest BCUT2D eigenvalue weighted by Gasteiger charge is -2.35. The quantitative estimate of drug-likeness (QED) is 0.824. The summed E-state index contributed by atoms with van der Waals surface area (Å²) in [4.78, 5) is 11.6. The fraction of sp³-hybridized carbons (Fsp3) is 0.417. The van der Waals surface area contributed by atoms with Gasteiger partial charge < -0.3 is 10.5 Å². The van der Waals surface area contributed by atoms with Crippen LogP contribution < -0.4 is 5.73 Å². The van der Waals surface area contributed by atoms with Crippen molar-refractivity contribution in [3.63, 3.8) is 0 Å². The molecule has 1 saturated carbocycles. The Kier molecular flexibility index (Phi) is 3.17. The van der Waals surface area contributed by atoms with E-state index < -0.39 is 5.54 Å². The molecule has 0 bridgehead atoms. The van der Waals surface area contributed by atoms with Gasteiger partial charge in [0.25, 0.3) is 0 Å². The van der Waals surface area contributed by atoms with E-state index in [0.717, 1.165) is 24.8 Å². The molecule has 0 spiro atoms. The van der Waals surface area contributed by atoms with Gasteiger partial charge in [-0.3, -0.25) is 4.79 Å². The Balaban J connectivity index is 1.87. The molecule has 3 nitrogen and oxygen atoms in total. The standard InChI is InChI=1S/C12H14ClNO2/c13-10-4-2-9(3-5-10)8-16-11(15)12(14)6-1-7-12/h2-5H,1,6-8,14H2. The van der Waals surface area contributed by atoms with Crippen LogP contribution in [0.15, 0.2) is 24.3 Å². The van der Waals surface area contributed by atoms with Crippen molar-refractivity contribution in [3.8, 4) is 0 Å². The van der Waals surface area contributed by atoms with E-state index in [0.29, 0.717) is 5.02 Å². The molecule has 2 N–H and O–H groups in total. The molecule has 4 heteroatoms. The summed E-state index contributed by atoms with van der Waals surface area (Å²) in [5.41, 5.74) is 6.03. The molecule has 1 aromatic carbocycles. The number of benzene rings is 1. The Labute approximate surface area is 99.5 Å². The number of halogens is 1. The van der Waals surface area contributed by atoms with E-state index in [2.05, 4.69) is 0 Å². The van der Waals surface area contributed by atoms with Crippen LogP contribution in [0.2, 0.25) is 5.02 Å². The van der Waals surface area contributed by atoms with E-state index in [1.54, 1.807) is 12.1 Å². The third-order valence-electron chi connectivity index (χ3n) is 2.94. The van der Waals surface area contributed by atoms with E-state index in [1.165, 1.54) is 0 Å². The maximum atomic E-state index is 11.6. The molecule has 0 unspecified atom stereocenters. The van der Waals surface area contributed by atoms with Gasteiger partial charge in [0, 0.05) is 5.02 Å². The van der Waals surface area contributed by atoms with Crippen LogP contribution in [0.1, 0.15) is 24.8 Å². The van der Waals surface area contributed by atoms with Crippen LogP contribution >= 0.6 is 11.6 Å². The summed E-state index contributed by atoms with van der Waals surface area (Å²) < 4.78 is 5.17. The fourth-order valence-corrected chi connectivity index (χ4v) is 1.76. The Morgan fingerprint density at radius 1 is 1.38 bits per heavy atom. The highest BCUT2D eigenvalue weighted by atomic mass is 35.5. The Morgan fingerprint density at radius 2 is 2.00 bits per heavy atom. The average Bonchev–Trinajstić information content (AvgIpc) is 2.24. The summed E-state index contributed by atoms with van der Waals surface area (Å²) in [6, 6.07) is 7.21. The second-order valence-electron chi connectivity index (χ2n) is 4.21. The number of hydrogen-bond acceptors (Lipinski definition) is 3. The van der Waals surface area contributed by atoms with Gasteiger partial charge in [-0.25, -0.2) is 0 Å². The SMILES string of the molecule is NC1(C(=O)OCc2ccc(Cl)cc2)CCC1. The highest BCUT2D eigenvalue weighted by Gasteiger charge is 2.41. The summed E-state index contributed by atoms with van der Waals surface area (Å²) in [7, 11) is 0. The normalized spacial score (nSPS) is 17.6. The minimum Gasteiger partial charge on any atom is -0.459 e. The maximum absolute atomic E-state index is 11.6. The zero-order valence-corrected chi connectivity index (χ0v) is 9.67. The summed E-state index contributed by atoms with van der Waals surface area (Å²) in [6.45, 7) is 0.259. The Bertz CT molecular complexity index is 385. The predicted octanol–water partition coefficient (Wildman–Crippen LogP) is 2.26. The number of esters is 1. The molecule has 0 atom stereocenters. The Hall–Kier alpha value is -1.06. The smallest absolute Gasteiger partial charge is 0.326 e. The van der Waals surface area contributed by atoms with Gasteiger partial charge in [0.1, 0.15) is 12.1 Å². The molecule has 0 aromatic heterocycles. The number of ether oxygens (including phenoxy) is 1. The second kappa shape index (κ2) is 4.44. The van der Waals surface area contributed by atoms with Crippen LogP contribution in [0, 0.1) is 0 Å². The van der Waals surface area contributed by atoms with Crippen molar-refractivity contribution < 1.29 is 9.53 Å². The van der Waals surface area contributed by atoms with Crippen LogP contribution in [-0.2, 0) is 16.1 Å². The van der Waals surface area contributed by atoms with Crippen molar-refractivity contribution in [1.82, 2.24) is 0 Å². The third-order valence-corrected chi connectivity index (χ3v) is 3.19. The molecule has 16 heavy (non-hydrogen) atoms. The molecular weight excluding hydrogens is 226 g/mol. The molecule has 0 heterocycles.